The van der Waals surface area contributed by atoms with Crippen LogP contribution >= 0.6 is 22.9 Å². The fourth-order valence-electron chi connectivity index (χ4n) is 3.02. The van der Waals surface area contributed by atoms with Crippen molar-refractivity contribution in [2.45, 2.75) is 69.2 Å². The predicted octanol–water partition coefficient (Wildman–Crippen LogP) is 5.80. The highest BCUT2D eigenvalue weighted by Crippen LogP contribution is 2.30. The van der Waals surface area contributed by atoms with Crippen LogP contribution in [0, 0.1) is 0 Å². The van der Waals surface area contributed by atoms with E-state index in [0.29, 0.717) is 11.4 Å². The number of benzene rings is 1. The number of aliphatic carboxylic acids is 1. The van der Waals surface area contributed by atoms with Crippen LogP contribution in [0.4, 0.5) is 0 Å². The van der Waals surface area contributed by atoms with Crippen molar-refractivity contribution in [2.75, 3.05) is 0 Å². The van der Waals surface area contributed by atoms with E-state index in [4.69, 9.17) is 16.7 Å². The van der Waals surface area contributed by atoms with Crippen LogP contribution in [0.1, 0.15) is 67.7 Å². The summed E-state index contributed by atoms with van der Waals surface area (Å²) in [5.41, 5.74) is 0. The number of carboxylic acids is 1. The van der Waals surface area contributed by atoms with Crippen molar-refractivity contribution in [2.24, 2.45) is 0 Å². The molecule has 0 fully saturated rings. The fraction of sp³-hybridized carbons (Fsp3) is 0.476. The van der Waals surface area contributed by atoms with E-state index in [-0.39, 0.29) is 17.4 Å². The molecule has 1 unspecified atom stereocenters. The van der Waals surface area contributed by atoms with Gasteiger partial charge in [0.05, 0.1) is 10.9 Å². The Morgan fingerprint density at radius 2 is 1.83 bits per heavy atom. The largest absolute Gasteiger partial charge is 0.481 e. The molecule has 1 atom stereocenters. The number of rotatable bonds is 13. The van der Waals surface area contributed by atoms with Gasteiger partial charge in [0, 0.05) is 21.2 Å². The zero-order chi connectivity index (χ0) is 21.3. The number of hydrogen-bond acceptors (Lipinski definition) is 4. The molecular weight excluding hydrogens is 430 g/mol. The molecule has 1 aromatic heterocycles. The minimum Gasteiger partial charge on any atom is -0.481 e. The van der Waals surface area contributed by atoms with E-state index in [9.17, 15) is 13.2 Å². The third-order valence-corrected chi connectivity index (χ3v) is 7.61. The highest BCUT2D eigenvalue weighted by molar-refractivity contribution is 7.89. The number of hydrogen-bond donors (Lipinski definition) is 2. The maximum Gasteiger partial charge on any atom is 0.303 e. The Bertz CT molecular complexity index is 878. The SMILES string of the molecule is CCCCCC(NS(=O)(=O)c1ccc(Cl)cc1)c1ccc(CCCCC(=O)O)s1. The van der Waals surface area contributed by atoms with Gasteiger partial charge in [0.1, 0.15) is 0 Å². The van der Waals surface area contributed by atoms with Crippen molar-refractivity contribution < 1.29 is 18.3 Å². The average Bonchev–Trinajstić information content (AvgIpc) is 3.13. The van der Waals surface area contributed by atoms with Crippen LogP contribution in [0.3, 0.4) is 0 Å². The number of thiophene rings is 1. The van der Waals surface area contributed by atoms with Gasteiger partial charge in [-0.3, -0.25) is 4.79 Å². The second-order valence-corrected chi connectivity index (χ2v) is 10.4. The zero-order valence-corrected chi connectivity index (χ0v) is 19.0. The summed E-state index contributed by atoms with van der Waals surface area (Å²) in [5, 5.41) is 9.23. The van der Waals surface area contributed by atoms with E-state index < -0.39 is 16.0 Å². The molecular formula is C21H28ClNO4S2. The average molecular weight is 458 g/mol. The van der Waals surface area contributed by atoms with Crippen LogP contribution in [0.2, 0.25) is 5.02 Å². The summed E-state index contributed by atoms with van der Waals surface area (Å²) in [5.74, 6) is -0.774. The number of nitrogens with one attached hydrogen (secondary N) is 1. The molecule has 1 aromatic carbocycles. The van der Waals surface area contributed by atoms with Crippen LogP contribution < -0.4 is 4.72 Å². The van der Waals surface area contributed by atoms with Gasteiger partial charge in [-0.15, -0.1) is 11.3 Å². The number of aryl methyl sites for hydroxylation is 1. The topological polar surface area (TPSA) is 83.5 Å². The normalized spacial score (nSPS) is 12.8. The van der Waals surface area contributed by atoms with Crippen LogP contribution in [-0.2, 0) is 21.2 Å². The second-order valence-electron chi connectivity index (χ2n) is 7.03. The number of halogens is 1. The Morgan fingerprint density at radius 3 is 2.48 bits per heavy atom. The Morgan fingerprint density at radius 1 is 1.10 bits per heavy atom. The van der Waals surface area contributed by atoms with Gasteiger partial charge >= 0.3 is 5.97 Å². The first kappa shape index (κ1) is 23.9. The summed E-state index contributed by atoms with van der Waals surface area (Å²) in [6.07, 6.45) is 6.23. The molecule has 2 aromatic rings. The van der Waals surface area contributed by atoms with Crippen molar-refractivity contribution in [1.29, 1.82) is 0 Å². The number of sulfonamides is 1. The third kappa shape index (κ3) is 8.09. The van der Waals surface area contributed by atoms with E-state index in [1.807, 2.05) is 12.1 Å². The number of carbonyl (C=O) groups is 1. The maximum absolute atomic E-state index is 12.8. The van der Waals surface area contributed by atoms with E-state index >= 15 is 0 Å². The van der Waals surface area contributed by atoms with Gasteiger partial charge in [-0.25, -0.2) is 13.1 Å². The fourth-order valence-corrected chi connectivity index (χ4v) is 5.61. The predicted molar refractivity (Wildman–Crippen MR) is 118 cm³/mol. The molecule has 8 heteroatoms. The first-order valence-corrected chi connectivity index (χ1v) is 12.6. The quantitative estimate of drug-likeness (QED) is 0.372. The Hall–Kier alpha value is -1.41. The number of unbranched alkanes of at least 4 members (excludes halogenated alkanes) is 3. The van der Waals surface area contributed by atoms with Crippen LogP contribution in [0.25, 0.3) is 0 Å². The summed E-state index contributed by atoms with van der Waals surface area (Å²) in [7, 11) is -3.65. The maximum atomic E-state index is 12.8. The molecule has 1 heterocycles. The van der Waals surface area contributed by atoms with Gasteiger partial charge < -0.3 is 5.11 Å². The molecule has 2 N–H and O–H groups in total. The molecule has 0 spiro atoms. The Kier molecular flexibility index (Phi) is 9.62. The van der Waals surface area contributed by atoms with Crippen molar-refractivity contribution >= 4 is 38.9 Å². The van der Waals surface area contributed by atoms with E-state index in [2.05, 4.69) is 11.6 Å². The van der Waals surface area contributed by atoms with Crippen molar-refractivity contribution in [3.8, 4) is 0 Å². The molecule has 0 bridgehead atoms. The van der Waals surface area contributed by atoms with Gasteiger partial charge in [0.2, 0.25) is 10.0 Å². The first-order valence-electron chi connectivity index (χ1n) is 9.90. The summed E-state index contributed by atoms with van der Waals surface area (Å²) >= 11 is 7.47. The highest BCUT2D eigenvalue weighted by Gasteiger charge is 2.22. The van der Waals surface area contributed by atoms with E-state index in [0.717, 1.165) is 48.3 Å². The monoisotopic (exact) mass is 457 g/mol. The number of carboxylic acid groups (broad SMARTS) is 1. The van der Waals surface area contributed by atoms with Gasteiger partial charge in [0.15, 0.2) is 0 Å². The van der Waals surface area contributed by atoms with Gasteiger partial charge in [-0.1, -0.05) is 37.8 Å². The highest BCUT2D eigenvalue weighted by atomic mass is 35.5. The van der Waals surface area contributed by atoms with Crippen molar-refractivity contribution in [1.82, 2.24) is 4.72 Å². The molecule has 0 aliphatic carbocycles. The van der Waals surface area contributed by atoms with Crippen molar-refractivity contribution in [3.05, 3.63) is 51.2 Å². The third-order valence-electron chi connectivity index (χ3n) is 4.61. The van der Waals surface area contributed by atoms with Crippen molar-refractivity contribution in [3.63, 3.8) is 0 Å². The smallest absolute Gasteiger partial charge is 0.303 e. The summed E-state index contributed by atoms with van der Waals surface area (Å²) in [4.78, 5) is 13.0. The van der Waals surface area contributed by atoms with Gasteiger partial charge in [-0.2, -0.15) is 0 Å². The van der Waals surface area contributed by atoms with Gasteiger partial charge in [0.25, 0.3) is 0 Å². The minimum atomic E-state index is -3.65. The lowest BCUT2D eigenvalue weighted by Gasteiger charge is -2.18. The molecule has 2 rings (SSSR count). The van der Waals surface area contributed by atoms with Gasteiger partial charge in [-0.05, 0) is 62.1 Å². The summed E-state index contributed by atoms with van der Waals surface area (Å²) in [6, 6.07) is 9.89. The first-order chi connectivity index (χ1) is 13.8. The zero-order valence-electron chi connectivity index (χ0n) is 16.6. The second kappa shape index (κ2) is 11.7. The molecule has 0 amide bonds. The van der Waals surface area contributed by atoms with Crippen LogP contribution in [0.5, 0.6) is 0 Å². The molecule has 0 saturated carbocycles. The Labute approximate surface area is 182 Å². The molecule has 5 nitrogen and oxygen atoms in total. The minimum absolute atomic E-state index is 0.179. The lowest BCUT2D eigenvalue weighted by molar-refractivity contribution is -0.137. The molecule has 0 aliphatic rings. The summed E-state index contributed by atoms with van der Waals surface area (Å²) in [6.45, 7) is 2.12. The molecule has 0 aliphatic heterocycles. The lowest BCUT2D eigenvalue weighted by atomic mass is 10.1. The molecule has 160 valence electrons. The van der Waals surface area contributed by atoms with Crippen LogP contribution in [0.15, 0.2) is 41.3 Å². The molecule has 29 heavy (non-hydrogen) atoms. The standard InChI is InChI=1S/C21H28ClNO4S2/c1-2-3-4-8-19(23-29(26,27)18-13-10-16(22)11-14-18)20-15-12-17(28-20)7-5-6-9-21(24)25/h10-15,19,23H,2-9H2,1H3,(H,24,25). The molecule has 0 radical (unpaired) electrons. The van der Waals surface area contributed by atoms with Crippen LogP contribution in [-0.4, -0.2) is 19.5 Å². The lowest BCUT2D eigenvalue weighted by Crippen LogP contribution is -2.28. The van der Waals surface area contributed by atoms with E-state index in [1.165, 1.54) is 12.1 Å². The summed E-state index contributed by atoms with van der Waals surface area (Å²) < 4.78 is 28.5. The molecule has 0 saturated heterocycles. The van der Waals surface area contributed by atoms with E-state index in [1.54, 1.807) is 23.5 Å². The Balaban J connectivity index is 2.09.